The number of hydrogen-bond acceptors (Lipinski definition) is 7. The number of amides is 1. The Morgan fingerprint density at radius 3 is 2.57 bits per heavy atom. The van der Waals surface area contributed by atoms with E-state index in [2.05, 4.69) is 19.9 Å². The Labute approximate surface area is 174 Å². The van der Waals surface area contributed by atoms with Crippen LogP contribution in [0.25, 0.3) is 0 Å². The van der Waals surface area contributed by atoms with Gasteiger partial charge in [-0.05, 0) is 43.2 Å². The fourth-order valence-electron chi connectivity index (χ4n) is 3.57. The summed E-state index contributed by atoms with van der Waals surface area (Å²) in [5.41, 5.74) is 3.24. The van der Waals surface area contributed by atoms with Crippen molar-refractivity contribution in [2.45, 2.75) is 12.8 Å². The molecule has 0 saturated carbocycles. The summed E-state index contributed by atoms with van der Waals surface area (Å²) in [4.78, 5) is 35.6. The molecule has 0 radical (unpaired) electrons. The molecule has 2 aliphatic rings. The van der Waals surface area contributed by atoms with Gasteiger partial charge in [-0.15, -0.1) is 0 Å². The van der Waals surface area contributed by atoms with Crippen molar-refractivity contribution in [1.29, 1.82) is 0 Å². The number of methoxy groups -OCH3 is 2. The Kier molecular flexibility index (Phi) is 5.47. The highest BCUT2D eigenvalue weighted by molar-refractivity contribution is 6.26. The van der Waals surface area contributed by atoms with Crippen molar-refractivity contribution in [2.75, 3.05) is 32.2 Å². The number of aromatic nitrogens is 1. The monoisotopic (exact) mass is 406 g/mol. The predicted octanol–water partition coefficient (Wildman–Crippen LogP) is 3.25. The number of aliphatic imine (C=N–C) groups is 1. The molecular weight excluding hydrogens is 384 g/mol. The number of allylic oxidation sites excluding steroid dienone is 2. The lowest BCUT2D eigenvalue weighted by Gasteiger charge is -2.20. The molecule has 1 aromatic heterocycles. The molecule has 154 valence electrons. The summed E-state index contributed by atoms with van der Waals surface area (Å²) in [5.74, 6) is 0.153. The number of alkyl carbamates (subject to hydrolysis) is 1. The van der Waals surface area contributed by atoms with Gasteiger partial charge in [0.25, 0.3) is 0 Å². The summed E-state index contributed by atoms with van der Waals surface area (Å²) >= 11 is 0. The number of pyridine rings is 1. The number of nitrogens with one attached hydrogen (secondary N) is 1. The molecule has 0 atom stereocenters. The number of rotatable bonds is 4. The van der Waals surface area contributed by atoms with Crippen LogP contribution in [0.3, 0.4) is 0 Å². The fraction of sp³-hybridized carbons (Fsp3) is 0.273. The minimum atomic E-state index is -0.689. The summed E-state index contributed by atoms with van der Waals surface area (Å²) < 4.78 is 9.95. The van der Waals surface area contributed by atoms with Gasteiger partial charge in [0, 0.05) is 30.4 Å². The van der Waals surface area contributed by atoms with Gasteiger partial charge in [-0.25, -0.2) is 14.8 Å². The molecular formula is C22H22N4O4. The van der Waals surface area contributed by atoms with E-state index in [0.717, 1.165) is 18.8 Å². The molecule has 1 fully saturated rings. The number of anilines is 1. The van der Waals surface area contributed by atoms with Crippen molar-refractivity contribution < 1.29 is 19.1 Å². The van der Waals surface area contributed by atoms with E-state index in [-0.39, 0.29) is 17.2 Å². The second kappa shape index (κ2) is 8.36. The SMILES string of the molecule is COC(=O)NC1=CC(=O)c2ncc(OC)cc2C1=Nc1ccc(N2CCCC2)cc1. The highest BCUT2D eigenvalue weighted by Crippen LogP contribution is 2.28. The smallest absolute Gasteiger partial charge is 0.411 e. The van der Waals surface area contributed by atoms with Crippen LogP contribution < -0.4 is 15.0 Å². The zero-order chi connectivity index (χ0) is 21.1. The van der Waals surface area contributed by atoms with Crippen LogP contribution in [-0.4, -0.2) is 49.9 Å². The number of benzene rings is 1. The first-order chi connectivity index (χ1) is 14.6. The minimum absolute atomic E-state index is 0.248. The summed E-state index contributed by atoms with van der Waals surface area (Å²) in [5, 5.41) is 2.58. The van der Waals surface area contributed by atoms with Crippen molar-refractivity contribution in [3.8, 4) is 5.75 Å². The second-order valence-corrected chi connectivity index (χ2v) is 6.98. The van der Waals surface area contributed by atoms with Gasteiger partial charge in [-0.2, -0.15) is 0 Å². The van der Waals surface area contributed by atoms with E-state index in [1.807, 2.05) is 24.3 Å². The lowest BCUT2D eigenvalue weighted by molar-refractivity contribution is 0.104. The second-order valence-electron chi connectivity index (χ2n) is 6.98. The normalized spacial score (nSPS) is 16.9. The maximum atomic E-state index is 12.5. The van der Waals surface area contributed by atoms with Crippen LogP contribution in [0.1, 0.15) is 28.9 Å². The number of carbonyl (C=O) groups is 2. The number of hydrogen-bond donors (Lipinski definition) is 1. The van der Waals surface area contributed by atoms with Crippen LogP contribution in [0.4, 0.5) is 16.2 Å². The molecule has 2 heterocycles. The first-order valence-corrected chi connectivity index (χ1v) is 9.68. The predicted molar refractivity (Wildman–Crippen MR) is 113 cm³/mol. The molecule has 1 aliphatic carbocycles. The van der Waals surface area contributed by atoms with Crippen LogP contribution >= 0.6 is 0 Å². The van der Waals surface area contributed by atoms with E-state index in [4.69, 9.17) is 9.73 Å². The summed E-state index contributed by atoms with van der Waals surface area (Å²) in [6.07, 6.45) is 4.50. The average Bonchev–Trinajstić information content (AvgIpc) is 3.31. The third-order valence-electron chi connectivity index (χ3n) is 5.10. The molecule has 0 spiro atoms. The Morgan fingerprint density at radius 1 is 1.17 bits per heavy atom. The van der Waals surface area contributed by atoms with Gasteiger partial charge in [0.2, 0.25) is 5.78 Å². The van der Waals surface area contributed by atoms with Crippen LogP contribution in [0.5, 0.6) is 5.75 Å². The van der Waals surface area contributed by atoms with Crippen LogP contribution in [0.2, 0.25) is 0 Å². The number of ketones is 1. The maximum Gasteiger partial charge on any atom is 0.411 e. The molecule has 30 heavy (non-hydrogen) atoms. The average molecular weight is 406 g/mol. The first kappa shape index (κ1) is 19.6. The Bertz CT molecular complexity index is 1040. The molecule has 1 saturated heterocycles. The van der Waals surface area contributed by atoms with Gasteiger partial charge in [0.15, 0.2) is 0 Å². The standard InChI is InChI=1S/C22H22N4O4/c1-29-16-11-17-20(18(25-22(28)30-2)12-19(27)21(17)23-13-16)24-14-5-7-15(8-6-14)26-9-3-4-10-26/h5-8,11-13H,3-4,9-10H2,1-2H3,(H,25,28). The molecule has 1 N–H and O–H groups in total. The molecule has 8 nitrogen and oxygen atoms in total. The molecule has 0 unspecified atom stereocenters. The Morgan fingerprint density at radius 2 is 1.90 bits per heavy atom. The highest BCUT2D eigenvalue weighted by atomic mass is 16.5. The third kappa shape index (κ3) is 3.89. The first-order valence-electron chi connectivity index (χ1n) is 9.68. The molecule has 0 bridgehead atoms. The van der Waals surface area contributed by atoms with Crippen LogP contribution in [0, 0.1) is 0 Å². The topological polar surface area (TPSA) is 93.1 Å². The molecule has 4 rings (SSSR count). The zero-order valence-corrected chi connectivity index (χ0v) is 16.8. The summed E-state index contributed by atoms with van der Waals surface area (Å²) in [7, 11) is 2.78. The number of fused-ring (bicyclic) bond motifs is 1. The lowest BCUT2D eigenvalue weighted by Crippen LogP contribution is -2.32. The molecule has 1 amide bonds. The van der Waals surface area contributed by atoms with E-state index >= 15 is 0 Å². The van der Waals surface area contributed by atoms with Crippen molar-refractivity contribution in [3.63, 3.8) is 0 Å². The van der Waals surface area contributed by atoms with E-state index < -0.39 is 6.09 Å². The third-order valence-corrected chi connectivity index (χ3v) is 5.10. The van der Waals surface area contributed by atoms with Crippen LogP contribution in [-0.2, 0) is 4.74 Å². The van der Waals surface area contributed by atoms with Gasteiger partial charge >= 0.3 is 6.09 Å². The van der Waals surface area contributed by atoms with E-state index in [0.29, 0.717) is 22.7 Å². The van der Waals surface area contributed by atoms with Crippen LogP contribution in [0.15, 0.2) is 53.3 Å². The number of ether oxygens (including phenoxy) is 2. The Hall–Kier alpha value is -3.68. The fourth-order valence-corrected chi connectivity index (χ4v) is 3.57. The molecule has 1 aliphatic heterocycles. The van der Waals surface area contributed by atoms with Gasteiger partial charge in [0.05, 0.1) is 37.5 Å². The van der Waals surface area contributed by atoms with Crippen molar-refractivity contribution in [2.24, 2.45) is 4.99 Å². The van der Waals surface area contributed by atoms with Gasteiger partial charge in [-0.3, -0.25) is 10.1 Å². The zero-order valence-electron chi connectivity index (χ0n) is 16.8. The number of nitrogens with zero attached hydrogens (tertiary/aromatic N) is 3. The van der Waals surface area contributed by atoms with Gasteiger partial charge in [0.1, 0.15) is 11.4 Å². The highest BCUT2D eigenvalue weighted by Gasteiger charge is 2.27. The van der Waals surface area contributed by atoms with Crippen molar-refractivity contribution >= 4 is 29.0 Å². The number of carbonyl (C=O) groups excluding carboxylic acids is 2. The van der Waals surface area contributed by atoms with Gasteiger partial charge in [-0.1, -0.05) is 0 Å². The largest absolute Gasteiger partial charge is 0.495 e. The van der Waals surface area contributed by atoms with E-state index in [1.165, 1.54) is 39.3 Å². The molecule has 1 aromatic carbocycles. The lowest BCUT2D eigenvalue weighted by atomic mass is 9.96. The van der Waals surface area contributed by atoms with Crippen molar-refractivity contribution in [1.82, 2.24) is 10.3 Å². The van der Waals surface area contributed by atoms with Gasteiger partial charge < -0.3 is 14.4 Å². The summed E-state index contributed by atoms with van der Waals surface area (Å²) in [6, 6.07) is 9.57. The summed E-state index contributed by atoms with van der Waals surface area (Å²) in [6.45, 7) is 2.12. The van der Waals surface area contributed by atoms with Crippen molar-refractivity contribution in [3.05, 3.63) is 59.6 Å². The van der Waals surface area contributed by atoms with E-state index in [9.17, 15) is 9.59 Å². The molecule has 8 heteroatoms. The quantitative estimate of drug-likeness (QED) is 0.838. The molecule has 2 aromatic rings. The minimum Gasteiger partial charge on any atom is -0.495 e. The maximum absolute atomic E-state index is 12.5. The Balaban J connectivity index is 1.75. The van der Waals surface area contributed by atoms with E-state index in [1.54, 1.807) is 6.07 Å².